The third kappa shape index (κ3) is 5.82. The zero-order valence-electron chi connectivity index (χ0n) is 14.0. The molecule has 2 rings (SSSR count). The predicted molar refractivity (Wildman–Crippen MR) is 104 cm³/mol. The van der Waals surface area contributed by atoms with E-state index in [-0.39, 0.29) is 18.2 Å². The summed E-state index contributed by atoms with van der Waals surface area (Å²) < 4.78 is 11.1. The minimum Gasteiger partial charge on any atom is -0.391 e. The second-order valence-corrected chi connectivity index (χ2v) is 8.05. The van der Waals surface area contributed by atoms with Crippen molar-refractivity contribution in [2.24, 2.45) is 0 Å². The average molecular weight is 402 g/mol. The summed E-state index contributed by atoms with van der Waals surface area (Å²) in [7, 11) is -2.58. The Morgan fingerprint density at radius 2 is 1.80 bits per heavy atom. The Bertz CT molecular complexity index is 755. The maximum absolute atomic E-state index is 11.1. The molecule has 0 heterocycles. The maximum atomic E-state index is 11.1. The summed E-state index contributed by atoms with van der Waals surface area (Å²) in [6.45, 7) is 3.69. The fourth-order valence-corrected chi connectivity index (χ4v) is 3.61. The molecular weight excluding hydrogens is 380 g/mol. The number of halogens is 2. The van der Waals surface area contributed by atoms with Gasteiger partial charge >= 0.3 is 0 Å². The molecule has 0 aliphatic rings. The van der Waals surface area contributed by atoms with Crippen molar-refractivity contribution in [1.29, 1.82) is 0 Å². The van der Waals surface area contributed by atoms with Gasteiger partial charge in [-0.1, -0.05) is 53.5 Å². The molecule has 0 radical (unpaired) electrons. The van der Waals surface area contributed by atoms with Crippen molar-refractivity contribution >= 4 is 31.2 Å². The van der Waals surface area contributed by atoms with Gasteiger partial charge in [-0.05, 0) is 42.7 Å². The highest BCUT2D eigenvalue weighted by Gasteiger charge is 2.21. The highest BCUT2D eigenvalue weighted by Crippen LogP contribution is 2.29. The highest BCUT2D eigenvalue weighted by atomic mass is 35.5. The second-order valence-electron chi connectivity index (χ2n) is 6.10. The van der Waals surface area contributed by atoms with E-state index in [0.29, 0.717) is 10.0 Å². The monoisotopic (exact) mass is 401 g/mol. The van der Waals surface area contributed by atoms with Crippen molar-refractivity contribution in [2.45, 2.75) is 38.2 Å². The molecule has 136 valence electrons. The van der Waals surface area contributed by atoms with Gasteiger partial charge in [-0.25, -0.2) is 0 Å². The van der Waals surface area contributed by atoms with E-state index in [2.05, 4.69) is 5.32 Å². The van der Waals surface area contributed by atoms with E-state index in [9.17, 15) is 9.67 Å². The largest absolute Gasteiger partial charge is 0.391 e. The Kier molecular flexibility index (Phi) is 7.51. The molecule has 7 heteroatoms. The third-order valence-electron chi connectivity index (χ3n) is 4.02. The van der Waals surface area contributed by atoms with E-state index >= 15 is 0 Å². The van der Waals surface area contributed by atoms with Gasteiger partial charge in [-0.15, -0.1) is 0 Å². The highest BCUT2D eigenvalue weighted by molar-refractivity contribution is 7.37. The number of nitrogens with one attached hydrogen (secondary N) is 1. The summed E-state index contributed by atoms with van der Waals surface area (Å²) >= 11 is 12.0. The summed E-state index contributed by atoms with van der Waals surface area (Å²) in [5.41, 5.74) is 2.60. The topological polar surface area (TPSA) is 69.6 Å². The van der Waals surface area contributed by atoms with Gasteiger partial charge in [0.15, 0.2) is 8.03 Å². The van der Waals surface area contributed by atoms with Crippen molar-refractivity contribution in [3.8, 4) is 0 Å². The van der Waals surface area contributed by atoms with E-state index in [1.807, 2.05) is 37.3 Å². The molecule has 2 unspecified atom stereocenters. The van der Waals surface area contributed by atoms with Crippen LogP contribution in [0.25, 0.3) is 0 Å². The Hall–Kier alpha value is -0.870. The smallest absolute Gasteiger partial charge is 0.193 e. The molecule has 0 saturated carbocycles. The number of benzene rings is 2. The van der Waals surface area contributed by atoms with Gasteiger partial charge < -0.3 is 15.3 Å². The quantitative estimate of drug-likeness (QED) is 0.586. The van der Waals surface area contributed by atoms with Crippen molar-refractivity contribution in [3.05, 3.63) is 69.2 Å². The zero-order valence-corrected chi connectivity index (χ0v) is 16.6. The van der Waals surface area contributed by atoms with Gasteiger partial charge in [0.25, 0.3) is 0 Å². The minimum atomic E-state index is -2.58. The molecule has 3 N–H and O–H groups in total. The SMILES string of the molecule is C[C@H](NC(c1cccc(C[PH](=O)O)c1)[C@H](C)O)c1ccc(Cl)c(Cl)c1. The van der Waals surface area contributed by atoms with E-state index < -0.39 is 14.1 Å². The van der Waals surface area contributed by atoms with Crippen LogP contribution in [0.3, 0.4) is 0 Å². The third-order valence-corrected chi connectivity index (χ3v) is 5.47. The van der Waals surface area contributed by atoms with Crippen LogP contribution in [0.1, 0.15) is 42.6 Å². The first-order chi connectivity index (χ1) is 11.8. The standard InChI is InChI=1S/C18H22Cl2NO3P/c1-11(14-6-7-16(19)17(20)9-14)21-18(12(2)22)15-5-3-4-13(8-15)10-25(23)24/h3-9,11-12,18,21-22,25H,10H2,1-2H3,(H,23,24)/t11-,12-,18?/m0/s1. The molecule has 0 saturated heterocycles. The number of aliphatic hydroxyl groups is 1. The van der Waals surface area contributed by atoms with Crippen LogP contribution in [0, 0.1) is 0 Å². The lowest BCUT2D eigenvalue weighted by Gasteiger charge is -2.27. The fraction of sp³-hybridized carbons (Fsp3) is 0.333. The first kappa shape index (κ1) is 20.4. The molecule has 2 aromatic carbocycles. The van der Waals surface area contributed by atoms with Crippen LogP contribution < -0.4 is 5.32 Å². The minimum absolute atomic E-state index is 0.0741. The summed E-state index contributed by atoms with van der Waals surface area (Å²) in [5.74, 6) is 0. The molecule has 0 aliphatic carbocycles. The van der Waals surface area contributed by atoms with E-state index in [1.165, 1.54) is 0 Å². The normalized spacial score (nSPS) is 16.2. The van der Waals surface area contributed by atoms with Crippen LogP contribution in [0.15, 0.2) is 42.5 Å². The molecule has 25 heavy (non-hydrogen) atoms. The van der Waals surface area contributed by atoms with Gasteiger partial charge in [-0.3, -0.25) is 4.57 Å². The zero-order chi connectivity index (χ0) is 18.6. The lowest BCUT2D eigenvalue weighted by Crippen LogP contribution is -2.32. The van der Waals surface area contributed by atoms with Gasteiger partial charge in [0.2, 0.25) is 0 Å². The van der Waals surface area contributed by atoms with Crippen LogP contribution >= 0.6 is 31.2 Å². The fourth-order valence-electron chi connectivity index (χ4n) is 2.73. The lowest BCUT2D eigenvalue weighted by molar-refractivity contribution is 0.139. The van der Waals surface area contributed by atoms with Crippen LogP contribution in [-0.2, 0) is 10.7 Å². The van der Waals surface area contributed by atoms with Crippen LogP contribution in [0.2, 0.25) is 10.0 Å². The molecule has 0 amide bonds. The predicted octanol–water partition coefficient (Wildman–Crippen LogP) is 4.73. The second kappa shape index (κ2) is 9.18. The van der Waals surface area contributed by atoms with Crippen molar-refractivity contribution in [2.75, 3.05) is 0 Å². The summed E-state index contributed by atoms with van der Waals surface area (Å²) in [4.78, 5) is 9.14. The Balaban J connectivity index is 2.23. The molecule has 0 aromatic heterocycles. The van der Waals surface area contributed by atoms with Crippen molar-refractivity contribution in [3.63, 3.8) is 0 Å². The van der Waals surface area contributed by atoms with Crippen LogP contribution in [0.4, 0.5) is 0 Å². The van der Waals surface area contributed by atoms with Crippen LogP contribution in [0.5, 0.6) is 0 Å². The Labute approximate surface area is 158 Å². The molecule has 4 atom stereocenters. The molecule has 0 fully saturated rings. The van der Waals surface area contributed by atoms with E-state index in [4.69, 9.17) is 28.1 Å². The first-order valence-corrected chi connectivity index (χ1v) is 10.3. The average Bonchev–Trinajstić information content (AvgIpc) is 2.54. The van der Waals surface area contributed by atoms with Crippen molar-refractivity contribution in [1.82, 2.24) is 5.32 Å². The van der Waals surface area contributed by atoms with Gasteiger partial charge in [0.05, 0.1) is 22.2 Å². The molecule has 0 aliphatic heterocycles. The summed E-state index contributed by atoms with van der Waals surface area (Å²) in [6, 6.07) is 12.4. The lowest BCUT2D eigenvalue weighted by atomic mass is 9.98. The molecule has 0 bridgehead atoms. The maximum Gasteiger partial charge on any atom is 0.193 e. The Morgan fingerprint density at radius 3 is 2.40 bits per heavy atom. The first-order valence-electron chi connectivity index (χ1n) is 7.97. The number of rotatable bonds is 7. The van der Waals surface area contributed by atoms with Gasteiger partial charge in [-0.2, -0.15) is 0 Å². The number of hydrogen-bond donors (Lipinski definition) is 3. The summed E-state index contributed by atoms with van der Waals surface area (Å²) in [5, 5.41) is 14.6. The van der Waals surface area contributed by atoms with E-state index in [0.717, 1.165) is 16.7 Å². The summed E-state index contributed by atoms with van der Waals surface area (Å²) in [6.07, 6.45) is -0.514. The van der Waals surface area contributed by atoms with Crippen molar-refractivity contribution < 1.29 is 14.6 Å². The Morgan fingerprint density at radius 1 is 1.08 bits per heavy atom. The molecular formula is C18H22Cl2NO3P. The van der Waals surface area contributed by atoms with Crippen LogP contribution in [-0.4, -0.2) is 16.1 Å². The molecule has 0 spiro atoms. The molecule has 2 aromatic rings. The van der Waals surface area contributed by atoms with E-state index in [1.54, 1.807) is 19.1 Å². The number of hydrogen-bond acceptors (Lipinski definition) is 3. The number of aliphatic hydroxyl groups excluding tert-OH is 1. The van der Waals surface area contributed by atoms with Gasteiger partial charge in [0, 0.05) is 12.2 Å². The van der Waals surface area contributed by atoms with Gasteiger partial charge in [0.1, 0.15) is 0 Å². The molecule has 4 nitrogen and oxygen atoms in total.